The minimum atomic E-state index is -0.593. The molecule has 0 amide bonds. The molecule has 1 aromatic heterocycles. The summed E-state index contributed by atoms with van der Waals surface area (Å²) < 4.78 is 10.6. The van der Waals surface area contributed by atoms with Crippen LogP contribution in [0.3, 0.4) is 0 Å². The summed E-state index contributed by atoms with van der Waals surface area (Å²) in [5, 5.41) is 11.4. The average Bonchev–Trinajstić information content (AvgIpc) is 2.45. The molecule has 0 aliphatic carbocycles. The zero-order valence-corrected chi connectivity index (χ0v) is 11.3. The van der Waals surface area contributed by atoms with Crippen molar-refractivity contribution in [3.63, 3.8) is 0 Å². The topological polar surface area (TPSA) is 74.5 Å². The van der Waals surface area contributed by atoms with Gasteiger partial charge in [-0.05, 0) is 40.2 Å². The van der Waals surface area contributed by atoms with E-state index in [2.05, 4.69) is 4.98 Å². The number of methoxy groups -OCH3 is 1. The summed E-state index contributed by atoms with van der Waals surface area (Å²) in [4.78, 5) is 13.9. The van der Waals surface area contributed by atoms with Crippen LogP contribution in [0.25, 0.3) is 0 Å². The Bertz CT molecular complexity index is 634. The van der Waals surface area contributed by atoms with Crippen LogP contribution in [0, 0.1) is 10.1 Å². The molecule has 0 saturated carbocycles. The average molecular weight is 295 g/mol. The van der Waals surface area contributed by atoms with E-state index in [1.165, 1.54) is 19.4 Å². The summed E-state index contributed by atoms with van der Waals surface area (Å²) in [7, 11) is 1.53. The van der Waals surface area contributed by atoms with Crippen molar-refractivity contribution in [3.05, 3.63) is 57.2 Å². The standard InChI is InChI=1S/C13H11ClN2O4/c1-19-11-5-4-10(14)7-9(11)8-20-12-3-2-6-15-13(12)16(17)18/h2-7H,8H2,1H3. The molecule has 1 heterocycles. The zero-order chi connectivity index (χ0) is 14.5. The van der Waals surface area contributed by atoms with Gasteiger partial charge in [-0.2, -0.15) is 0 Å². The highest BCUT2D eigenvalue weighted by Gasteiger charge is 2.16. The Kier molecular flexibility index (Phi) is 4.37. The Morgan fingerprint density at radius 1 is 1.35 bits per heavy atom. The monoisotopic (exact) mass is 294 g/mol. The lowest BCUT2D eigenvalue weighted by atomic mass is 10.2. The number of ether oxygens (including phenoxy) is 2. The van der Waals surface area contributed by atoms with E-state index in [-0.39, 0.29) is 18.2 Å². The second-order valence-corrected chi connectivity index (χ2v) is 4.26. The molecule has 6 nitrogen and oxygen atoms in total. The molecular formula is C13H11ClN2O4. The minimum absolute atomic E-state index is 0.0935. The lowest BCUT2D eigenvalue weighted by Crippen LogP contribution is -2.02. The van der Waals surface area contributed by atoms with Crippen molar-refractivity contribution >= 4 is 17.4 Å². The predicted octanol–water partition coefficient (Wildman–Crippen LogP) is 3.23. The van der Waals surface area contributed by atoms with Crippen LogP contribution in [0.5, 0.6) is 11.5 Å². The van der Waals surface area contributed by atoms with E-state index in [0.717, 1.165) is 0 Å². The summed E-state index contributed by atoms with van der Waals surface area (Å²) in [5.41, 5.74) is 0.693. The maximum atomic E-state index is 10.8. The van der Waals surface area contributed by atoms with Gasteiger partial charge in [-0.15, -0.1) is 0 Å². The van der Waals surface area contributed by atoms with Gasteiger partial charge in [0.25, 0.3) is 0 Å². The fourth-order valence-corrected chi connectivity index (χ4v) is 1.84. The molecule has 0 radical (unpaired) electrons. The van der Waals surface area contributed by atoms with Crippen LogP contribution in [0.2, 0.25) is 5.02 Å². The summed E-state index contributed by atoms with van der Waals surface area (Å²) in [6.45, 7) is 0.0935. The van der Waals surface area contributed by atoms with Crippen molar-refractivity contribution in [1.82, 2.24) is 4.98 Å². The lowest BCUT2D eigenvalue weighted by Gasteiger charge is -2.10. The highest BCUT2D eigenvalue weighted by atomic mass is 35.5. The number of aromatic nitrogens is 1. The molecule has 0 unspecified atom stereocenters. The molecule has 0 bridgehead atoms. The molecule has 7 heteroatoms. The van der Waals surface area contributed by atoms with Gasteiger partial charge in [-0.3, -0.25) is 0 Å². The van der Waals surface area contributed by atoms with Crippen molar-refractivity contribution in [2.45, 2.75) is 6.61 Å². The predicted molar refractivity (Wildman–Crippen MR) is 73.2 cm³/mol. The Labute approximate surface area is 120 Å². The second-order valence-electron chi connectivity index (χ2n) is 3.83. The van der Waals surface area contributed by atoms with E-state index >= 15 is 0 Å². The van der Waals surface area contributed by atoms with Crippen LogP contribution in [-0.2, 0) is 6.61 Å². The van der Waals surface area contributed by atoms with Crippen LogP contribution in [0.15, 0.2) is 36.5 Å². The van der Waals surface area contributed by atoms with Gasteiger partial charge in [0.2, 0.25) is 5.75 Å². The molecule has 2 aromatic rings. The molecule has 0 N–H and O–H groups in total. The third-order valence-electron chi connectivity index (χ3n) is 2.55. The molecule has 0 spiro atoms. The van der Waals surface area contributed by atoms with Crippen molar-refractivity contribution in [1.29, 1.82) is 0 Å². The van der Waals surface area contributed by atoms with Crippen molar-refractivity contribution < 1.29 is 14.4 Å². The van der Waals surface area contributed by atoms with Gasteiger partial charge in [-0.25, -0.2) is 0 Å². The maximum absolute atomic E-state index is 10.8. The number of rotatable bonds is 5. The SMILES string of the molecule is COc1ccc(Cl)cc1COc1cccnc1[N+](=O)[O-]. The fourth-order valence-electron chi connectivity index (χ4n) is 1.65. The summed E-state index contributed by atoms with van der Waals surface area (Å²) in [6.07, 6.45) is 1.34. The Morgan fingerprint density at radius 2 is 2.15 bits per heavy atom. The molecule has 0 aliphatic rings. The van der Waals surface area contributed by atoms with Gasteiger partial charge >= 0.3 is 5.82 Å². The number of nitrogens with zero attached hydrogens (tertiary/aromatic N) is 2. The highest BCUT2D eigenvalue weighted by Crippen LogP contribution is 2.27. The quantitative estimate of drug-likeness (QED) is 0.625. The third kappa shape index (κ3) is 3.16. The van der Waals surface area contributed by atoms with E-state index in [1.807, 2.05) is 0 Å². The first-order valence-electron chi connectivity index (χ1n) is 5.66. The number of hydrogen-bond acceptors (Lipinski definition) is 5. The van der Waals surface area contributed by atoms with Crippen molar-refractivity contribution in [2.75, 3.05) is 7.11 Å². The smallest absolute Gasteiger partial charge is 0.406 e. The van der Waals surface area contributed by atoms with Gasteiger partial charge in [0.05, 0.1) is 7.11 Å². The van der Waals surface area contributed by atoms with E-state index in [4.69, 9.17) is 21.1 Å². The number of hydrogen-bond donors (Lipinski definition) is 0. The van der Waals surface area contributed by atoms with E-state index in [1.54, 1.807) is 24.3 Å². The molecule has 1 aromatic carbocycles. The summed E-state index contributed by atoms with van der Waals surface area (Å²) >= 11 is 5.91. The van der Waals surface area contributed by atoms with Crippen LogP contribution in [0.1, 0.15) is 5.56 Å². The molecule has 0 saturated heterocycles. The lowest BCUT2D eigenvalue weighted by molar-refractivity contribution is -0.390. The largest absolute Gasteiger partial charge is 0.496 e. The highest BCUT2D eigenvalue weighted by molar-refractivity contribution is 6.30. The van der Waals surface area contributed by atoms with E-state index in [9.17, 15) is 10.1 Å². The number of benzene rings is 1. The Hall–Kier alpha value is -2.34. The summed E-state index contributed by atoms with van der Waals surface area (Å²) in [5.74, 6) is 0.369. The number of halogens is 1. The first kappa shape index (κ1) is 14.1. The van der Waals surface area contributed by atoms with E-state index < -0.39 is 4.92 Å². The normalized spacial score (nSPS) is 10.1. The van der Waals surface area contributed by atoms with Gasteiger partial charge in [-0.1, -0.05) is 11.6 Å². The van der Waals surface area contributed by atoms with E-state index in [0.29, 0.717) is 16.3 Å². The first-order valence-corrected chi connectivity index (χ1v) is 6.04. The molecule has 2 rings (SSSR count). The first-order chi connectivity index (χ1) is 9.61. The molecule has 0 atom stereocenters. The molecule has 0 aliphatic heterocycles. The third-order valence-corrected chi connectivity index (χ3v) is 2.78. The Balaban J connectivity index is 2.21. The molecule has 104 valence electrons. The zero-order valence-electron chi connectivity index (χ0n) is 10.6. The van der Waals surface area contributed by atoms with Gasteiger partial charge < -0.3 is 19.6 Å². The minimum Gasteiger partial charge on any atom is -0.496 e. The van der Waals surface area contributed by atoms with Crippen molar-refractivity contribution in [3.8, 4) is 11.5 Å². The van der Waals surface area contributed by atoms with Crippen LogP contribution < -0.4 is 9.47 Å². The molecule has 20 heavy (non-hydrogen) atoms. The maximum Gasteiger partial charge on any atom is 0.406 e. The van der Waals surface area contributed by atoms with Crippen molar-refractivity contribution in [2.24, 2.45) is 0 Å². The van der Waals surface area contributed by atoms with Gasteiger partial charge in [0.15, 0.2) is 0 Å². The van der Waals surface area contributed by atoms with Gasteiger partial charge in [0, 0.05) is 10.6 Å². The van der Waals surface area contributed by atoms with Crippen LogP contribution >= 0.6 is 11.6 Å². The summed E-state index contributed by atoms with van der Waals surface area (Å²) in [6, 6.07) is 8.14. The molecule has 0 fully saturated rings. The second kappa shape index (κ2) is 6.21. The van der Waals surface area contributed by atoms with Crippen LogP contribution in [0.4, 0.5) is 5.82 Å². The fraction of sp³-hybridized carbons (Fsp3) is 0.154. The number of pyridine rings is 1. The number of nitro groups is 1. The van der Waals surface area contributed by atoms with Gasteiger partial charge in [0.1, 0.15) is 18.6 Å². The molecular weight excluding hydrogens is 284 g/mol. The Morgan fingerprint density at radius 3 is 2.85 bits per heavy atom. The van der Waals surface area contributed by atoms with Crippen LogP contribution in [-0.4, -0.2) is 17.0 Å².